The predicted molar refractivity (Wildman–Crippen MR) is 149 cm³/mol. The molecule has 5 nitrogen and oxygen atoms in total. The van der Waals surface area contributed by atoms with E-state index in [1.165, 1.54) is 50.6 Å². The summed E-state index contributed by atoms with van der Waals surface area (Å²) in [5, 5.41) is 6.94. The molecule has 2 heterocycles. The van der Waals surface area contributed by atoms with Gasteiger partial charge in [-0.15, -0.1) is 12.4 Å². The Kier molecular flexibility index (Phi) is 10.3. The number of nitrogens with zero attached hydrogens (tertiary/aromatic N) is 2. The van der Waals surface area contributed by atoms with Crippen LogP contribution >= 0.6 is 12.4 Å². The van der Waals surface area contributed by atoms with E-state index >= 15 is 0 Å². The van der Waals surface area contributed by atoms with Gasteiger partial charge in [0.2, 0.25) is 5.91 Å². The van der Waals surface area contributed by atoms with Crippen LogP contribution in [0.25, 0.3) is 0 Å². The minimum atomic E-state index is -0.465. The number of hydrogen-bond donors (Lipinski definition) is 2. The highest BCUT2D eigenvalue weighted by atomic mass is 35.5. The summed E-state index contributed by atoms with van der Waals surface area (Å²) in [6.45, 7) is 9.70. The zero-order valence-corrected chi connectivity index (χ0v) is 23.3. The third kappa shape index (κ3) is 5.83. The van der Waals surface area contributed by atoms with Gasteiger partial charge in [0.15, 0.2) is 0 Å². The molecule has 1 aromatic rings. The number of likely N-dealkylation sites (tertiary alicyclic amines) is 1. The minimum absolute atomic E-state index is 0. The first-order valence-corrected chi connectivity index (χ1v) is 14.0. The average molecular weight is 505 g/mol. The first kappa shape index (κ1) is 28.3. The molecular formula is C29H49ClN4O. The molecule has 35 heavy (non-hydrogen) atoms. The number of carbonyl (C=O) groups is 1. The number of carbonyl (C=O) groups excluding carboxylic acids is 1. The lowest BCUT2D eigenvalue weighted by atomic mass is 9.70. The van der Waals surface area contributed by atoms with Crippen molar-refractivity contribution >= 4 is 24.0 Å². The van der Waals surface area contributed by atoms with Crippen LogP contribution in [0.1, 0.15) is 78.6 Å². The van der Waals surface area contributed by atoms with Crippen LogP contribution in [0.3, 0.4) is 0 Å². The zero-order valence-electron chi connectivity index (χ0n) is 22.5. The highest BCUT2D eigenvalue weighted by Gasteiger charge is 2.58. The zero-order chi connectivity index (χ0) is 24.1. The maximum Gasteiger partial charge on any atom is 0.247 e. The van der Waals surface area contributed by atoms with Gasteiger partial charge in [0.25, 0.3) is 0 Å². The molecule has 1 amide bonds. The largest absolute Gasteiger partial charge is 0.339 e. The molecule has 0 bridgehead atoms. The van der Waals surface area contributed by atoms with Crippen molar-refractivity contribution in [2.24, 2.45) is 17.8 Å². The van der Waals surface area contributed by atoms with E-state index in [9.17, 15) is 4.79 Å². The fourth-order valence-electron chi connectivity index (χ4n) is 7.19. The molecule has 6 heteroatoms. The molecule has 198 valence electrons. The van der Waals surface area contributed by atoms with Crippen LogP contribution in [-0.2, 0) is 4.79 Å². The van der Waals surface area contributed by atoms with Gasteiger partial charge in [-0.3, -0.25) is 9.69 Å². The van der Waals surface area contributed by atoms with Crippen molar-refractivity contribution in [1.82, 2.24) is 15.5 Å². The Balaban J connectivity index is 0.00000342. The van der Waals surface area contributed by atoms with Gasteiger partial charge in [0.05, 0.1) is 6.67 Å². The number of amides is 1. The first-order valence-electron chi connectivity index (χ1n) is 14.0. The van der Waals surface area contributed by atoms with Crippen molar-refractivity contribution in [3.8, 4) is 0 Å². The summed E-state index contributed by atoms with van der Waals surface area (Å²) in [6.07, 6.45) is 11.1. The number of benzene rings is 1. The molecule has 3 fully saturated rings. The van der Waals surface area contributed by atoms with Gasteiger partial charge >= 0.3 is 0 Å². The lowest BCUT2D eigenvalue weighted by Gasteiger charge is -2.53. The van der Waals surface area contributed by atoms with E-state index in [4.69, 9.17) is 0 Å². The summed E-state index contributed by atoms with van der Waals surface area (Å²) in [4.78, 5) is 18.9. The molecule has 0 aromatic heterocycles. The van der Waals surface area contributed by atoms with Gasteiger partial charge in [-0.05, 0) is 69.5 Å². The highest BCUT2D eigenvalue weighted by molar-refractivity contribution is 5.94. The molecule has 0 radical (unpaired) electrons. The van der Waals surface area contributed by atoms with Gasteiger partial charge in [0, 0.05) is 36.8 Å². The van der Waals surface area contributed by atoms with Crippen molar-refractivity contribution in [3.05, 3.63) is 30.3 Å². The Bertz CT molecular complexity index is 782. The van der Waals surface area contributed by atoms with E-state index in [0.717, 1.165) is 37.8 Å². The standard InChI is InChI=1S/C29H48N4O.ClH/c1-5-6-8-13-27(30-4)26-20-32(24-16-14-23(15-17-24)22(2)3)19-18-29(26)28(34)31-21-33(29)25-11-9-7-10-12-25;/h7,9-12,22-24,26-27,30H,5-6,8,13-21H2,1-4H3,(H,31,34);1H. The second kappa shape index (κ2) is 12.8. The number of rotatable bonds is 9. The van der Waals surface area contributed by atoms with Gasteiger partial charge < -0.3 is 15.5 Å². The van der Waals surface area contributed by atoms with Crippen LogP contribution in [-0.4, -0.2) is 55.2 Å². The molecule has 3 unspecified atom stereocenters. The number of hydrogen-bond acceptors (Lipinski definition) is 4. The van der Waals surface area contributed by atoms with Crippen LogP contribution in [0, 0.1) is 17.8 Å². The van der Waals surface area contributed by atoms with Gasteiger partial charge in [-0.25, -0.2) is 0 Å². The summed E-state index contributed by atoms with van der Waals surface area (Å²) in [7, 11) is 2.11. The summed E-state index contributed by atoms with van der Waals surface area (Å²) < 4.78 is 0. The third-order valence-corrected chi connectivity index (χ3v) is 9.34. The molecule has 3 atom stereocenters. The van der Waals surface area contributed by atoms with E-state index in [2.05, 4.69) is 78.6 Å². The fourth-order valence-corrected chi connectivity index (χ4v) is 7.19. The normalized spacial score (nSPS) is 30.4. The summed E-state index contributed by atoms with van der Waals surface area (Å²) in [5.74, 6) is 2.19. The van der Waals surface area contributed by atoms with Crippen LogP contribution in [0.5, 0.6) is 0 Å². The maximum absolute atomic E-state index is 13.7. The van der Waals surface area contributed by atoms with E-state index in [-0.39, 0.29) is 24.2 Å². The highest BCUT2D eigenvalue weighted by Crippen LogP contribution is 2.44. The number of unbranched alkanes of at least 4 members (excludes halogenated alkanes) is 2. The van der Waals surface area contributed by atoms with Crippen molar-refractivity contribution in [3.63, 3.8) is 0 Å². The molecule has 4 rings (SSSR count). The van der Waals surface area contributed by atoms with Crippen molar-refractivity contribution in [1.29, 1.82) is 0 Å². The number of halogens is 1. The maximum atomic E-state index is 13.7. The Labute approximate surface area is 220 Å². The Morgan fingerprint density at radius 3 is 2.46 bits per heavy atom. The van der Waals surface area contributed by atoms with Crippen LogP contribution in [0.4, 0.5) is 5.69 Å². The molecule has 2 N–H and O–H groups in total. The van der Waals surface area contributed by atoms with Crippen molar-refractivity contribution in [2.75, 3.05) is 31.7 Å². The smallest absolute Gasteiger partial charge is 0.247 e. The Morgan fingerprint density at radius 1 is 1.11 bits per heavy atom. The summed E-state index contributed by atoms with van der Waals surface area (Å²) in [5.41, 5.74) is 0.701. The number of para-hydroxylation sites is 1. The second-order valence-corrected chi connectivity index (χ2v) is 11.4. The van der Waals surface area contributed by atoms with Crippen LogP contribution < -0.4 is 15.5 Å². The summed E-state index contributed by atoms with van der Waals surface area (Å²) in [6, 6.07) is 11.6. The Hall–Kier alpha value is -1.30. The SMILES string of the molecule is CCCCCC(NC)C1CN(C2CCC(C(C)C)CC2)CCC12C(=O)NCN2c1ccccc1.Cl. The van der Waals surface area contributed by atoms with Crippen molar-refractivity contribution in [2.45, 2.75) is 96.2 Å². The summed E-state index contributed by atoms with van der Waals surface area (Å²) >= 11 is 0. The second-order valence-electron chi connectivity index (χ2n) is 11.4. The first-order chi connectivity index (χ1) is 16.5. The quantitative estimate of drug-likeness (QED) is 0.439. The monoisotopic (exact) mass is 504 g/mol. The Morgan fingerprint density at radius 2 is 1.83 bits per heavy atom. The third-order valence-electron chi connectivity index (χ3n) is 9.34. The topological polar surface area (TPSA) is 47.6 Å². The van der Waals surface area contributed by atoms with Gasteiger partial charge in [-0.2, -0.15) is 0 Å². The minimum Gasteiger partial charge on any atom is -0.339 e. The molecule has 3 aliphatic rings. The van der Waals surface area contributed by atoms with Crippen LogP contribution in [0.15, 0.2) is 30.3 Å². The molecule has 2 saturated heterocycles. The van der Waals surface area contributed by atoms with E-state index < -0.39 is 5.54 Å². The van der Waals surface area contributed by atoms with Gasteiger partial charge in [-0.1, -0.05) is 58.2 Å². The molecule has 1 saturated carbocycles. The molecule has 1 spiro atoms. The molecule has 2 aliphatic heterocycles. The fraction of sp³-hybridized carbons (Fsp3) is 0.759. The van der Waals surface area contributed by atoms with Crippen LogP contribution in [0.2, 0.25) is 0 Å². The molecule has 1 aliphatic carbocycles. The van der Waals surface area contributed by atoms with Crippen molar-refractivity contribution < 1.29 is 4.79 Å². The van der Waals surface area contributed by atoms with E-state index in [0.29, 0.717) is 18.8 Å². The molecular weight excluding hydrogens is 456 g/mol. The number of piperidine rings is 1. The number of nitrogens with one attached hydrogen (secondary N) is 2. The van der Waals surface area contributed by atoms with E-state index in [1.807, 2.05) is 0 Å². The predicted octanol–water partition coefficient (Wildman–Crippen LogP) is 5.45. The van der Waals surface area contributed by atoms with Gasteiger partial charge in [0.1, 0.15) is 5.54 Å². The lowest BCUT2D eigenvalue weighted by molar-refractivity contribution is -0.128. The lowest BCUT2D eigenvalue weighted by Crippen LogP contribution is -2.67. The molecule has 1 aromatic carbocycles. The average Bonchev–Trinajstić information content (AvgIpc) is 3.19. The van der Waals surface area contributed by atoms with E-state index in [1.54, 1.807) is 0 Å². The number of anilines is 1.